The number of halogens is 6. The number of hydrogen-bond acceptors (Lipinski definition) is 6. The Bertz CT molecular complexity index is 1650. The van der Waals surface area contributed by atoms with Crippen molar-refractivity contribution in [2.24, 2.45) is 0 Å². The van der Waals surface area contributed by atoms with Gasteiger partial charge in [0.1, 0.15) is 4.88 Å². The maximum absolute atomic E-state index is 14.0. The van der Waals surface area contributed by atoms with E-state index in [0.29, 0.717) is 60.1 Å². The average Bonchev–Trinajstić information content (AvgIpc) is 3.57. The minimum atomic E-state index is -5.08. The van der Waals surface area contributed by atoms with E-state index in [2.05, 4.69) is 25.8 Å². The second-order valence-electron chi connectivity index (χ2n) is 9.94. The van der Waals surface area contributed by atoms with Crippen LogP contribution in [0.25, 0.3) is 22.6 Å². The lowest BCUT2D eigenvalue weighted by Crippen LogP contribution is -2.47. The molecule has 2 aromatic carbocycles. The predicted octanol–water partition coefficient (Wildman–Crippen LogP) is 6.64. The first-order valence-corrected chi connectivity index (χ1v) is 14.1. The molecule has 228 valence electrons. The largest absolute Gasteiger partial charge is 0.492 e. The van der Waals surface area contributed by atoms with E-state index in [-0.39, 0.29) is 28.6 Å². The number of aromatic hydroxyl groups is 1. The number of benzene rings is 2. The summed E-state index contributed by atoms with van der Waals surface area (Å²) in [6.07, 6.45) is -6.21. The molecule has 4 N–H and O–H groups in total. The lowest BCUT2D eigenvalue weighted by molar-refractivity contribution is -0.143. The molecule has 1 aliphatic rings. The van der Waals surface area contributed by atoms with Crippen molar-refractivity contribution in [3.63, 3.8) is 0 Å². The van der Waals surface area contributed by atoms with Gasteiger partial charge in [0, 0.05) is 36.6 Å². The van der Waals surface area contributed by atoms with Crippen LogP contribution in [0.5, 0.6) is 5.88 Å². The van der Waals surface area contributed by atoms with E-state index in [4.69, 9.17) is 0 Å². The molecular weight excluding hydrogens is 598 g/mol. The number of anilines is 1. The molecule has 4 aromatic rings. The molecule has 3 heterocycles. The first-order valence-electron chi connectivity index (χ1n) is 13.3. The number of aromatic nitrogens is 3. The molecule has 1 fully saturated rings. The summed E-state index contributed by atoms with van der Waals surface area (Å²) in [5, 5.41) is 24.3. The molecular formula is C28H26F6N6O2S. The van der Waals surface area contributed by atoms with Crippen LogP contribution >= 0.6 is 11.3 Å². The van der Waals surface area contributed by atoms with Gasteiger partial charge in [0.05, 0.1) is 22.8 Å². The monoisotopic (exact) mass is 624 g/mol. The van der Waals surface area contributed by atoms with Crippen LogP contribution in [0.1, 0.15) is 46.9 Å². The lowest BCUT2D eigenvalue weighted by atomic mass is 9.96. The van der Waals surface area contributed by atoms with Gasteiger partial charge in [-0.05, 0) is 61.2 Å². The number of aromatic amines is 1. The van der Waals surface area contributed by atoms with Crippen molar-refractivity contribution in [1.82, 2.24) is 25.8 Å². The molecule has 0 saturated carbocycles. The number of rotatable bonds is 6. The van der Waals surface area contributed by atoms with Gasteiger partial charge in [-0.15, -0.1) is 0 Å². The molecule has 0 spiro atoms. The van der Waals surface area contributed by atoms with Gasteiger partial charge in [-0.3, -0.25) is 5.10 Å². The van der Waals surface area contributed by atoms with Gasteiger partial charge in [-0.2, -0.15) is 36.4 Å². The Balaban J connectivity index is 1.55. The van der Waals surface area contributed by atoms with Crippen molar-refractivity contribution in [3.05, 3.63) is 69.7 Å². The summed E-state index contributed by atoms with van der Waals surface area (Å²) in [6, 6.07) is 6.05. The van der Waals surface area contributed by atoms with Crippen molar-refractivity contribution in [3.8, 4) is 5.88 Å². The molecule has 5 rings (SSSR count). The van der Waals surface area contributed by atoms with Crippen molar-refractivity contribution >= 4 is 45.1 Å². The summed E-state index contributed by atoms with van der Waals surface area (Å²) in [5.74, 6) is -0.429. The fourth-order valence-corrected chi connectivity index (χ4v) is 5.92. The molecule has 0 unspecified atom stereocenters. The number of carbonyl (C=O) groups is 1. The van der Waals surface area contributed by atoms with Crippen LogP contribution in [-0.2, 0) is 12.4 Å². The van der Waals surface area contributed by atoms with E-state index in [1.165, 1.54) is 6.20 Å². The summed E-state index contributed by atoms with van der Waals surface area (Å²) in [5.41, 5.74) is -2.19. The number of nitrogens with zero attached hydrogens (tertiary/aromatic N) is 3. The zero-order valence-corrected chi connectivity index (χ0v) is 23.4. The van der Waals surface area contributed by atoms with Gasteiger partial charge >= 0.3 is 18.4 Å². The highest BCUT2D eigenvalue weighted by Gasteiger charge is 2.38. The topological polar surface area (TPSA) is 106 Å². The van der Waals surface area contributed by atoms with Crippen LogP contribution in [0.3, 0.4) is 0 Å². The zero-order valence-electron chi connectivity index (χ0n) is 22.6. The Kier molecular flexibility index (Phi) is 8.27. The highest BCUT2D eigenvalue weighted by Crippen LogP contribution is 2.43. The van der Waals surface area contributed by atoms with Crippen molar-refractivity contribution in [2.75, 3.05) is 24.5 Å². The Hall–Kier alpha value is -4.27. The van der Waals surface area contributed by atoms with E-state index in [1.807, 2.05) is 11.8 Å². The van der Waals surface area contributed by atoms with E-state index in [1.54, 1.807) is 18.2 Å². The van der Waals surface area contributed by atoms with E-state index >= 15 is 0 Å². The maximum Gasteiger partial charge on any atom is 0.417 e. The third-order valence-corrected chi connectivity index (χ3v) is 8.16. The summed E-state index contributed by atoms with van der Waals surface area (Å²) >= 11 is 1.05. The second kappa shape index (κ2) is 11.8. The number of piperidine rings is 1. The van der Waals surface area contributed by atoms with E-state index in [0.717, 1.165) is 23.5 Å². The van der Waals surface area contributed by atoms with Crippen molar-refractivity contribution < 1.29 is 36.2 Å². The van der Waals surface area contributed by atoms with Crippen molar-refractivity contribution in [1.29, 1.82) is 0 Å². The summed E-state index contributed by atoms with van der Waals surface area (Å²) in [6.45, 7) is 3.31. The quantitative estimate of drug-likeness (QED) is 0.142. The number of carbonyl (C=O) groups excluding carboxylic acids is 1. The number of thiazole rings is 1. The molecule has 0 atom stereocenters. The number of urea groups is 1. The van der Waals surface area contributed by atoms with Crippen molar-refractivity contribution in [2.45, 2.75) is 38.2 Å². The summed E-state index contributed by atoms with van der Waals surface area (Å²) in [7, 11) is 0. The third-order valence-electron chi connectivity index (χ3n) is 7.02. The van der Waals surface area contributed by atoms with E-state index < -0.39 is 34.9 Å². The van der Waals surface area contributed by atoms with Crippen LogP contribution in [0.15, 0.2) is 42.6 Å². The Labute approximate surface area is 245 Å². The normalized spacial score (nSPS) is 15.2. The molecule has 0 bridgehead atoms. The van der Waals surface area contributed by atoms with Crippen LogP contribution in [0.2, 0.25) is 0 Å². The summed E-state index contributed by atoms with van der Waals surface area (Å²) < 4.78 is 81.9. The fourth-order valence-electron chi connectivity index (χ4n) is 4.87. The lowest BCUT2D eigenvalue weighted by Gasteiger charge is -2.32. The Morgan fingerprint density at radius 2 is 1.86 bits per heavy atom. The Morgan fingerprint density at radius 3 is 2.53 bits per heavy atom. The molecule has 43 heavy (non-hydrogen) atoms. The number of nitrogens with one attached hydrogen (secondary N) is 3. The minimum absolute atomic E-state index is 0.0616. The minimum Gasteiger partial charge on any atom is -0.492 e. The molecule has 1 saturated heterocycles. The van der Waals surface area contributed by atoms with Gasteiger partial charge in [-0.1, -0.05) is 23.5 Å². The highest BCUT2D eigenvalue weighted by molar-refractivity contribution is 7.17. The number of fused-ring (bicyclic) bond motifs is 1. The molecule has 1 aliphatic heterocycles. The number of hydrogen-bond donors (Lipinski definition) is 4. The van der Waals surface area contributed by atoms with Gasteiger partial charge in [-0.25, -0.2) is 4.79 Å². The van der Waals surface area contributed by atoms with Gasteiger partial charge in [0.25, 0.3) is 0 Å². The molecule has 2 amide bonds. The van der Waals surface area contributed by atoms with E-state index in [9.17, 15) is 36.2 Å². The van der Waals surface area contributed by atoms with Gasteiger partial charge in [0.2, 0.25) is 5.88 Å². The number of alkyl halides is 6. The zero-order chi connectivity index (χ0) is 30.9. The SMILES string of the molecule is CCNC(=O)NC1CCN(c2nc(O)c(C(=Cc3ccc(C(F)(F)F)cc3C(F)(F)F)c3ccc4[nH]ncc4c3)s2)CC1. The van der Waals surface area contributed by atoms with Crippen LogP contribution in [-0.4, -0.2) is 52.0 Å². The molecule has 2 aromatic heterocycles. The number of H-pyrrole nitrogens is 1. The first-order chi connectivity index (χ1) is 20.3. The maximum atomic E-state index is 14.0. The molecule has 8 nitrogen and oxygen atoms in total. The summed E-state index contributed by atoms with van der Waals surface area (Å²) in [4.78, 5) is 18.2. The predicted molar refractivity (Wildman–Crippen MR) is 151 cm³/mol. The molecule has 0 radical (unpaired) electrons. The van der Waals surface area contributed by atoms with Crippen LogP contribution in [0, 0.1) is 0 Å². The van der Waals surface area contributed by atoms with Gasteiger partial charge < -0.3 is 20.6 Å². The smallest absolute Gasteiger partial charge is 0.417 e. The third kappa shape index (κ3) is 6.71. The van der Waals surface area contributed by atoms with Crippen LogP contribution < -0.4 is 15.5 Å². The first kappa shape index (κ1) is 30.2. The second-order valence-corrected chi connectivity index (χ2v) is 10.9. The molecule has 15 heteroatoms. The molecule has 0 aliphatic carbocycles. The Morgan fingerprint density at radius 1 is 1.12 bits per heavy atom. The standard InChI is InChI=1S/C28H26F6N6O2S/c1-2-35-25(42)37-19-7-9-40(10-8-19)26-38-24(41)23(43-26)20(15-4-6-22-17(11-15)14-36-39-22)12-16-3-5-18(27(29,30)31)13-21(16)28(32,33)34/h3-6,11-14,19,41H,2,7-10H2,1H3,(H,36,39)(H2,35,37,42). The average molecular weight is 625 g/mol. The van der Waals surface area contributed by atoms with Crippen LogP contribution in [0.4, 0.5) is 36.3 Å². The number of amides is 2. The fraction of sp³-hybridized carbons (Fsp3) is 0.321. The highest BCUT2D eigenvalue weighted by atomic mass is 32.1. The van der Waals surface area contributed by atoms with Gasteiger partial charge in [0.15, 0.2) is 5.13 Å².